The Kier molecular flexibility index (Phi) is 3.94. The Morgan fingerprint density at radius 3 is 2.26 bits per heavy atom. The van der Waals surface area contributed by atoms with Gasteiger partial charge in [-0.15, -0.1) is 0 Å². The van der Waals surface area contributed by atoms with E-state index in [9.17, 15) is 0 Å². The van der Waals surface area contributed by atoms with Crippen LogP contribution in [-0.4, -0.2) is 14.0 Å². The number of fused-ring (bicyclic) bond motifs is 7. The molecule has 0 aliphatic carbocycles. The lowest BCUT2D eigenvalue weighted by Gasteiger charge is -2.10. The number of aryl methyl sites for hydroxylation is 3. The molecule has 0 amide bonds. The lowest BCUT2D eigenvalue weighted by atomic mass is 9.95. The molecule has 31 heavy (non-hydrogen) atoms. The van der Waals surface area contributed by atoms with Crippen LogP contribution in [0.2, 0.25) is 0 Å². The first-order valence-electron chi connectivity index (χ1n) is 11.1. The molecule has 6 aromatic rings. The molecular formula is C28H25N3. The van der Waals surface area contributed by atoms with Crippen molar-refractivity contribution in [3.8, 4) is 11.3 Å². The van der Waals surface area contributed by atoms with E-state index in [0.29, 0.717) is 0 Å². The first-order chi connectivity index (χ1) is 15.2. The number of pyridine rings is 1. The highest BCUT2D eigenvalue weighted by atomic mass is 15.0. The van der Waals surface area contributed by atoms with Gasteiger partial charge in [0.05, 0.1) is 11.2 Å². The van der Waals surface area contributed by atoms with E-state index in [1.807, 2.05) is 0 Å². The molecule has 0 saturated heterocycles. The van der Waals surface area contributed by atoms with E-state index in [0.717, 1.165) is 24.2 Å². The van der Waals surface area contributed by atoms with Crippen molar-refractivity contribution in [2.45, 2.75) is 26.7 Å². The zero-order valence-corrected chi connectivity index (χ0v) is 18.2. The van der Waals surface area contributed by atoms with E-state index in [-0.39, 0.29) is 0 Å². The van der Waals surface area contributed by atoms with Gasteiger partial charge in [0.2, 0.25) is 0 Å². The number of imidazole rings is 1. The average molecular weight is 404 g/mol. The predicted molar refractivity (Wildman–Crippen MR) is 131 cm³/mol. The van der Waals surface area contributed by atoms with Gasteiger partial charge < -0.3 is 4.57 Å². The van der Waals surface area contributed by atoms with Crippen molar-refractivity contribution in [2.75, 3.05) is 0 Å². The molecule has 0 saturated carbocycles. The molecule has 0 radical (unpaired) electrons. The first kappa shape index (κ1) is 18.2. The van der Waals surface area contributed by atoms with Gasteiger partial charge >= 0.3 is 0 Å². The summed E-state index contributed by atoms with van der Waals surface area (Å²) in [5, 5.41) is 4.97. The molecule has 3 aromatic heterocycles. The maximum atomic E-state index is 5.22. The lowest BCUT2D eigenvalue weighted by Crippen LogP contribution is -1.94. The molecule has 0 unspecified atom stereocenters. The minimum Gasteiger partial charge on any atom is -0.351 e. The third kappa shape index (κ3) is 2.56. The second-order valence-electron chi connectivity index (χ2n) is 8.38. The van der Waals surface area contributed by atoms with Gasteiger partial charge in [0, 0.05) is 46.7 Å². The lowest BCUT2D eigenvalue weighted by molar-refractivity contribution is 0.970. The molecule has 0 N–H and O–H groups in total. The van der Waals surface area contributed by atoms with Gasteiger partial charge in [-0.05, 0) is 47.6 Å². The van der Waals surface area contributed by atoms with Gasteiger partial charge in [0.25, 0.3) is 0 Å². The standard InChI is InChI=1S/C28H25N3/c1-4-18-9-8-10-19(5-2)27(18)24-17-31-26-15-20-13-14-30(3)25(20)16-23(26)21-11-6-7-12-22(21)28(31)29-24/h6-17H,4-5H2,1-3H3. The Labute approximate surface area is 181 Å². The third-order valence-electron chi connectivity index (χ3n) is 6.68. The normalized spacial score (nSPS) is 12.0. The summed E-state index contributed by atoms with van der Waals surface area (Å²) in [6, 6.07) is 22.1. The number of nitrogens with zero attached hydrogens (tertiary/aromatic N) is 3. The Hall–Kier alpha value is -3.59. The van der Waals surface area contributed by atoms with Gasteiger partial charge in [0.15, 0.2) is 0 Å². The van der Waals surface area contributed by atoms with Gasteiger partial charge in [-0.3, -0.25) is 4.40 Å². The minimum absolute atomic E-state index is 1.00. The van der Waals surface area contributed by atoms with Gasteiger partial charge in [-0.2, -0.15) is 0 Å². The molecule has 3 heteroatoms. The Morgan fingerprint density at radius 1 is 0.774 bits per heavy atom. The summed E-state index contributed by atoms with van der Waals surface area (Å²) in [7, 11) is 2.11. The zero-order chi connectivity index (χ0) is 21.1. The summed E-state index contributed by atoms with van der Waals surface area (Å²) < 4.78 is 4.49. The average Bonchev–Trinajstić information content (AvgIpc) is 3.41. The molecule has 0 fully saturated rings. The highest BCUT2D eigenvalue weighted by Gasteiger charge is 2.17. The SMILES string of the molecule is CCc1cccc(CC)c1-c1cn2c3cc4ccn(C)c4cc3c3ccccc3c2n1. The minimum atomic E-state index is 1.00. The van der Waals surface area contributed by atoms with E-state index >= 15 is 0 Å². The van der Waals surface area contributed by atoms with Crippen LogP contribution in [0.4, 0.5) is 0 Å². The molecule has 0 aliphatic heterocycles. The van der Waals surface area contributed by atoms with Crippen LogP contribution in [0, 0.1) is 0 Å². The number of hydrogen-bond acceptors (Lipinski definition) is 1. The molecule has 0 atom stereocenters. The summed E-state index contributed by atoms with van der Waals surface area (Å²) >= 11 is 0. The Bertz CT molecular complexity index is 1590. The van der Waals surface area contributed by atoms with Crippen molar-refractivity contribution in [1.82, 2.24) is 14.0 Å². The van der Waals surface area contributed by atoms with Gasteiger partial charge in [0.1, 0.15) is 5.65 Å². The van der Waals surface area contributed by atoms with E-state index in [1.54, 1.807) is 0 Å². The number of aromatic nitrogens is 3. The van der Waals surface area contributed by atoms with E-state index in [4.69, 9.17) is 4.98 Å². The van der Waals surface area contributed by atoms with E-state index < -0.39 is 0 Å². The molecule has 3 nitrogen and oxygen atoms in total. The van der Waals surface area contributed by atoms with Crippen LogP contribution in [0.3, 0.4) is 0 Å². The fraction of sp³-hybridized carbons (Fsp3) is 0.179. The van der Waals surface area contributed by atoms with Crippen LogP contribution in [0.15, 0.2) is 73.1 Å². The van der Waals surface area contributed by atoms with Crippen molar-refractivity contribution in [3.05, 3.63) is 84.2 Å². The fourth-order valence-corrected chi connectivity index (χ4v) is 5.08. The smallest absolute Gasteiger partial charge is 0.145 e. The summed E-state index contributed by atoms with van der Waals surface area (Å²) in [4.78, 5) is 5.22. The monoisotopic (exact) mass is 403 g/mol. The third-order valence-corrected chi connectivity index (χ3v) is 6.68. The Morgan fingerprint density at radius 2 is 1.52 bits per heavy atom. The highest BCUT2D eigenvalue weighted by Crippen LogP contribution is 2.35. The molecule has 0 bridgehead atoms. The van der Waals surface area contributed by atoms with Crippen molar-refractivity contribution in [3.63, 3.8) is 0 Å². The quantitative estimate of drug-likeness (QED) is 0.294. The summed E-state index contributed by atoms with van der Waals surface area (Å²) in [6.07, 6.45) is 6.38. The molecule has 0 aliphatic rings. The van der Waals surface area contributed by atoms with Gasteiger partial charge in [-0.1, -0.05) is 56.3 Å². The van der Waals surface area contributed by atoms with Crippen molar-refractivity contribution in [1.29, 1.82) is 0 Å². The molecule has 3 heterocycles. The molecular weight excluding hydrogens is 378 g/mol. The summed E-state index contributed by atoms with van der Waals surface area (Å²) in [5.41, 5.74) is 8.58. The number of hydrogen-bond donors (Lipinski definition) is 0. The van der Waals surface area contributed by atoms with E-state index in [2.05, 4.69) is 103 Å². The maximum absolute atomic E-state index is 5.22. The number of benzene rings is 3. The second-order valence-corrected chi connectivity index (χ2v) is 8.38. The largest absolute Gasteiger partial charge is 0.351 e. The highest BCUT2D eigenvalue weighted by molar-refractivity contribution is 6.15. The van der Waals surface area contributed by atoms with Gasteiger partial charge in [-0.25, -0.2) is 4.98 Å². The van der Waals surface area contributed by atoms with E-state index in [1.165, 1.54) is 49.3 Å². The molecule has 0 spiro atoms. The topological polar surface area (TPSA) is 22.2 Å². The zero-order valence-electron chi connectivity index (χ0n) is 18.2. The van der Waals surface area contributed by atoms with Crippen molar-refractivity contribution >= 4 is 38.2 Å². The second kappa shape index (κ2) is 6.71. The van der Waals surface area contributed by atoms with Crippen LogP contribution >= 0.6 is 0 Å². The fourth-order valence-electron chi connectivity index (χ4n) is 5.08. The van der Waals surface area contributed by atoms with Crippen molar-refractivity contribution < 1.29 is 0 Å². The Balaban J connectivity index is 1.79. The maximum Gasteiger partial charge on any atom is 0.145 e. The van der Waals surface area contributed by atoms with Crippen LogP contribution < -0.4 is 0 Å². The molecule has 152 valence electrons. The first-order valence-corrected chi connectivity index (χ1v) is 11.1. The molecule has 6 rings (SSSR count). The predicted octanol–water partition coefficient (Wildman–Crippen LogP) is 6.92. The van der Waals surface area contributed by atoms with Crippen LogP contribution in [-0.2, 0) is 19.9 Å². The van der Waals surface area contributed by atoms with Crippen LogP contribution in [0.1, 0.15) is 25.0 Å². The summed E-state index contributed by atoms with van der Waals surface area (Å²) in [6.45, 7) is 4.45. The molecule has 3 aromatic carbocycles. The van der Waals surface area contributed by atoms with Crippen LogP contribution in [0.25, 0.3) is 49.5 Å². The summed E-state index contributed by atoms with van der Waals surface area (Å²) in [5.74, 6) is 0. The van der Waals surface area contributed by atoms with Crippen LogP contribution in [0.5, 0.6) is 0 Å². The number of rotatable bonds is 3. The van der Waals surface area contributed by atoms with Crippen molar-refractivity contribution in [2.24, 2.45) is 7.05 Å².